The van der Waals surface area contributed by atoms with Crippen molar-refractivity contribution < 1.29 is 19.1 Å². The van der Waals surface area contributed by atoms with Gasteiger partial charge in [-0.3, -0.25) is 9.59 Å². The summed E-state index contributed by atoms with van der Waals surface area (Å²) in [6, 6.07) is 33.6. The number of carbonyl (C=O) groups is 2. The molecule has 4 aromatic carbocycles. The Morgan fingerprint density at radius 2 is 1.00 bits per heavy atom. The number of carbonyl (C=O) groups excluding carboxylic acids is 2. The quantitative estimate of drug-likeness (QED) is 0.283. The van der Waals surface area contributed by atoms with Crippen LogP contribution in [0, 0.1) is 0 Å². The summed E-state index contributed by atoms with van der Waals surface area (Å²) in [7, 11) is 0. The van der Waals surface area contributed by atoms with E-state index in [-0.39, 0.29) is 24.7 Å². The topological polar surface area (TPSA) is 76.7 Å². The molecule has 35 heavy (non-hydrogen) atoms. The molecule has 0 unspecified atom stereocenters. The van der Waals surface area contributed by atoms with Crippen molar-refractivity contribution in [2.75, 3.05) is 10.6 Å². The summed E-state index contributed by atoms with van der Waals surface area (Å²) >= 11 is 0. The predicted molar refractivity (Wildman–Crippen MR) is 137 cm³/mol. The van der Waals surface area contributed by atoms with Gasteiger partial charge in [0.2, 0.25) is 11.8 Å². The fourth-order valence-electron chi connectivity index (χ4n) is 3.28. The fraction of sp³-hybridized carbons (Fsp3) is 0.103. The highest BCUT2D eigenvalue weighted by molar-refractivity contribution is 5.96. The molecule has 0 saturated carbocycles. The van der Waals surface area contributed by atoms with Crippen molar-refractivity contribution in [3.05, 3.63) is 115 Å². The third kappa shape index (κ3) is 7.75. The summed E-state index contributed by atoms with van der Waals surface area (Å²) in [5, 5.41) is 5.60. The summed E-state index contributed by atoms with van der Waals surface area (Å²) in [6.45, 7) is 0.477. The molecule has 2 N–H and O–H groups in total. The van der Waals surface area contributed by atoms with E-state index < -0.39 is 0 Å². The predicted octanol–water partition coefficient (Wildman–Crippen LogP) is 6.42. The molecule has 0 aliphatic rings. The Morgan fingerprint density at radius 3 is 1.54 bits per heavy atom. The molecule has 6 nitrogen and oxygen atoms in total. The highest BCUT2D eigenvalue weighted by atomic mass is 16.5. The maximum atomic E-state index is 12.2. The first-order chi connectivity index (χ1) is 17.1. The standard InChI is InChI=1S/C29H26N2O4/c32-28(30-23-11-15-25(16-12-23)34-21-22-7-3-1-4-8-22)19-20-29(33)31-24-13-17-27(18-14-24)35-26-9-5-2-6-10-26/h1-18H,19-21H2,(H,30,32)(H,31,33). The van der Waals surface area contributed by atoms with Gasteiger partial charge < -0.3 is 20.1 Å². The van der Waals surface area contributed by atoms with Crippen molar-refractivity contribution >= 4 is 23.2 Å². The number of hydrogen-bond acceptors (Lipinski definition) is 4. The molecule has 0 radical (unpaired) electrons. The second-order valence-electron chi connectivity index (χ2n) is 7.83. The van der Waals surface area contributed by atoms with Crippen LogP contribution in [-0.2, 0) is 16.2 Å². The first-order valence-corrected chi connectivity index (χ1v) is 11.3. The van der Waals surface area contributed by atoms with Gasteiger partial charge in [0.1, 0.15) is 23.9 Å². The molecule has 0 aliphatic carbocycles. The van der Waals surface area contributed by atoms with E-state index in [2.05, 4.69) is 10.6 Å². The van der Waals surface area contributed by atoms with E-state index in [0.717, 1.165) is 11.3 Å². The number of benzene rings is 4. The Balaban J connectivity index is 1.17. The monoisotopic (exact) mass is 466 g/mol. The van der Waals surface area contributed by atoms with Crippen molar-refractivity contribution in [1.29, 1.82) is 0 Å². The summed E-state index contributed by atoms with van der Waals surface area (Å²) in [5.74, 6) is 1.66. The average Bonchev–Trinajstić information content (AvgIpc) is 2.89. The Morgan fingerprint density at radius 1 is 0.543 bits per heavy atom. The number of hydrogen-bond donors (Lipinski definition) is 2. The molecule has 4 aromatic rings. The zero-order valence-corrected chi connectivity index (χ0v) is 19.1. The second-order valence-corrected chi connectivity index (χ2v) is 7.83. The summed E-state index contributed by atoms with van der Waals surface area (Å²) in [6.07, 6.45) is 0.152. The molecule has 0 aliphatic heterocycles. The van der Waals surface area contributed by atoms with Crippen LogP contribution in [0.5, 0.6) is 17.2 Å². The van der Waals surface area contributed by atoms with Gasteiger partial charge in [0.25, 0.3) is 0 Å². The van der Waals surface area contributed by atoms with Crippen molar-refractivity contribution in [2.24, 2.45) is 0 Å². The normalized spacial score (nSPS) is 10.3. The van der Waals surface area contributed by atoms with Gasteiger partial charge in [-0.15, -0.1) is 0 Å². The third-order valence-electron chi connectivity index (χ3n) is 5.08. The molecule has 0 saturated heterocycles. The number of amides is 2. The molecule has 0 aromatic heterocycles. The Kier molecular flexibility index (Phi) is 8.11. The number of para-hydroxylation sites is 1. The first kappa shape index (κ1) is 23.6. The van der Waals surface area contributed by atoms with E-state index in [1.807, 2.05) is 60.7 Å². The Labute approximate surface area is 204 Å². The van der Waals surface area contributed by atoms with E-state index in [4.69, 9.17) is 9.47 Å². The first-order valence-electron chi connectivity index (χ1n) is 11.3. The van der Waals surface area contributed by atoms with E-state index >= 15 is 0 Å². The summed E-state index contributed by atoms with van der Waals surface area (Å²) < 4.78 is 11.5. The van der Waals surface area contributed by atoms with Crippen LogP contribution in [0.15, 0.2) is 109 Å². The summed E-state index contributed by atoms with van der Waals surface area (Å²) in [4.78, 5) is 24.5. The number of rotatable bonds is 10. The molecule has 0 atom stereocenters. The van der Waals surface area contributed by atoms with E-state index in [1.165, 1.54) is 0 Å². The minimum Gasteiger partial charge on any atom is -0.489 e. The second kappa shape index (κ2) is 12.0. The number of anilines is 2. The highest BCUT2D eigenvalue weighted by Gasteiger charge is 2.08. The van der Waals surface area contributed by atoms with Crippen LogP contribution in [0.4, 0.5) is 11.4 Å². The number of nitrogens with one attached hydrogen (secondary N) is 2. The van der Waals surface area contributed by atoms with Crippen LogP contribution in [-0.4, -0.2) is 11.8 Å². The average molecular weight is 467 g/mol. The van der Waals surface area contributed by atoms with E-state index in [9.17, 15) is 9.59 Å². The van der Waals surface area contributed by atoms with Crippen molar-refractivity contribution in [2.45, 2.75) is 19.4 Å². The van der Waals surface area contributed by atoms with Crippen molar-refractivity contribution in [3.63, 3.8) is 0 Å². The lowest BCUT2D eigenvalue weighted by Gasteiger charge is -2.09. The highest BCUT2D eigenvalue weighted by Crippen LogP contribution is 2.23. The van der Waals surface area contributed by atoms with Gasteiger partial charge >= 0.3 is 0 Å². The van der Waals surface area contributed by atoms with Gasteiger partial charge in [-0.2, -0.15) is 0 Å². The van der Waals surface area contributed by atoms with Gasteiger partial charge in [-0.1, -0.05) is 48.5 Å². The zero-order valence-electron chi connectivity index (χ0n) is 19.1. The van der Waals surface area contributed by atoms with Crippen molar-refractivity contribution in [1.82, 2.24) is 0 Å². The van der Waals surface area contributed by atoms with Gasteiger partial charge in [-0.25, -0.2) is 0 Å². The van der Waals surface area contributed by atoms with Crippen LogP contribution in [0.1, 0.15) is 18.4 Å². The zero-order chi connectivity index (χ0) is 24.3. The van der Waals surface area contributed by atoms with Crippen molar-refractivity contribution in [3.8, 4) is 17.2 Å². The molecule has 4 rings (SSSR count). The molecule has 2 amide bonds. The SMILES string of the molecule is O=C(CCC(=O)Nc1ccc(Oc2ccccc2)cc1)Nc1ccc(OCc2ccccc2)cc1. The number of ether oxygens (including phenoxy) is 2. The Hall–Kier alpha value is -4.58. The lowest BCUT2D eigenvalue weighted by atomic mass is 10.2. The molecular formula is C29H26N2O4. The minimum absolute atomic E-state index is 0.0758. The van der Waals surface area contributed by atoms with E-state index in [1.54, 1.807) is 48.5 Å². The molecule has 0 heterocycles. The van der Waals surface area contributed by atoms with Crippen LogP contribution in [0.3, 0.4) is 0 Å². The molecule has 0 bridgehead atoms. The Bertz CT molecular complexity index is 1230. The lowest BCUT2D eigenvalue weighted by Crippen LogP contribution is -2.17. The minimum atomic E-state index is -0.235. The maximum absolute atomic E-state index is 12.2. The van der Waals surface area contributed by atoms with Gasteiger partial charge in [0, 0.05) is 24.2 Å². The molecule has 6 heteroatoms. The molecule has 0 fully saturated rings. The van der Waals surface area contributed by atoms with Gasteiger partial charge in [-0.05, 0) is 66.2 Å². The summed E-state index contributed by atoms with van der Waals surface area (Å²) in [5.41, 5.74) is 2.37. The van der Waals surface area contributed by atoms with E-state index in [0.29, 0.717) is 29.5 Å². The van der Waals surface area contributed by atoms with Gasteiger partial charge in [0.05, 0.1) is 0 Å². The third-order valence-corrected chi connectivity index (χ3v) is 5.08. The molecule has 0 spiro atoms. The smallest absolute Gasteiger partial charge is 0.224 e. The molecular weight excluding hydrogens is 440 g/mol. The maximum Gasteiger partial charge on any atom is 0.224 e. The van der Waals surface area contributed by atoms with Gasteiger partial charge in [0.15, 0.2) is 0 Å². The largest absolute Gasteiger partial charge is 0.489 e. The molecule has 176 valence electrons. The van der Waals surface area contributed by atoms with Crippen LogP contribution >= 0.6 is 0 Å². The van der Waals surface area contributed by atoms with Crippen LogP contribution < -0.4 is 20.1 Å². The lowest BCUT2D eigenvalue weighted by molar-refractivity contribution is -0.121. The van der Waals surface area contributed by atoms with Crippen LogP contribution in [0.25, 0.3) is 0 Å². The van der Waals surface area contributed by atoms with Crippen LogP contribution in [0.2, 0.25) is 0 Å². The fourth-order valence-corrected chi connectivity index (χ4v) is 3.28.